The van der Waals surface area contributed by atoms with Gasteiger partial charge in [0.15, 0.2) is 0 Å². The Kier molecular flexibility index (Phi) is 9.62. The first kappa shape index (κ1) is 28.9. The average molecular weight is 543 g/mol. The molecule has 2 aromatic rings. The fraction of sp³-hybridized carbons (Fsp3) is 0.440. The molecule has 0 saturated carbocycles. The Hall–Kier alpha value is -2.29. The lowest BCUT2D eigenvalue weighted by Gasteiger charge is -2.34. The molecule has 192 valence electrons. The smallest absolute Gasteiger partial charge is 0.244 e. The largest absolute Gasteiger partial charge is 0.350 e. The minimum Gasteiger partial charge on any atom is -0.350 e. The van der Waals surface area contributed by atoms with E-state index in [1.54, 1.807) is 0 Å². The van der Waals surface area contributed by atoms with E-state index in [0.29, 0.717) is 6.42 Å². The van der Waals surface area contributed by atoms with Crippen molar-refractivity contribution in [2.75, 3.05) is 17.1 Å². The molecule has 7 nitrogen and oxygen atoms in total. The SMILES string of the molecule is CC[C@@H](C(=O)NC(C)(C)C)N(Cc1ccccc1C)C(=O)CN(c1cc(Cl)cc(Cl)c1)S(C)(=O)=O. The average Bonchev–Trinajstić information content (AvgIpc) is 2.70. The third kappa shape index (κ3) is 8.40. The van der Waals surface area contributed by atoms with E-state index >= 15 is 0 Å². The Labute approximate surface area is 218 Å². The highest BCUT2D eigenvalue weighted by Crippen LogP contribution is 2.27. The van der Waals surface area contributed by atoms with Crippen LogP contribution >= 0.6 is 23.2 Å². The van der Waals surface area contributed by atoms with Crippen LogP contribution in [0.3, 0.4) is 0 Å². The van der Waals surface area contributed by atoms with Gasteiger partial charge in [0.05, 0.1) is 11.9 Å². The fourth-order valence-corrected chi connectivity index (χ4v) is 4.99. The second-order valence-electron chi connectivity index (χ2n) is 9.51. The second kappa shape index (κ2) is 11.6. The van der Waals surface area contributed by atoms with E-state index in [0.717, 1.165) is 21.7 Å². The van der Waals surface area contributed by atoms with Gasteiger partial charge in [-0.05, 0) is 63.4 Å². The highest BCUT2D eigenvalue weighted by atomic mass is 35.5. The van der Waals surface area contributed by atoms with Crippen LogP contribution in [-0.2, 0) is 26.2 Å². The van der Waals surface area contributed by atoms with E-state index in [4.69, 9.17) is 23.2 Å². The van der Waals surface area contributed by atoms with Gasteiger partial charge in [0.2, 0.25) is 21.8 Å². The van der Waals surface area contributed by atoms with Gasteiger partial charge in [0.25, 0.3) is 0 Å². The number of amides is 2. The molecule has 2 aromatic carbocycles. The zero-order valence-electron chi connectivity index (χ0n) is 20.9. The van der Waals surface area contributed by atoms with Gasteiger partial charge < -0.3 is 10.2 Å². The lowest BCUT2D eigenvalue weighted by molar-refractivity contribution is -0.141. The van der Waals surface area contributed by atoms with Gasteiger partial charge in [-0.15, -0.1) is 0 Å². The molecule has 0 bridgehead atoms. The van der Waals surface area contributed by atoms with Crippen molar-refractivity contribution in [2.45, 2.75) is 59.2 Å². The molecule has 0 heterocycles. The highest BCUT2D eigenvalue weighted by molar-refractivity contribution is 7.92. The van der Waals surface area contributed by atoms with Crippen LogP contribution in [0.25, 0.3) is 0 Å². The number of halogens is 2. The van der Waals surface area contributed by atoms with Crippen LogP contribution in [0, 0.1) is 6.92 Å². The molecule has 1 atom stereocenters. The Balaban J connectivity index is 2.51. The van der Waals surface area contributed by atoms with Crippen molar-refractivity contribution in [1.82, 2.24) is 10.2 Å². The third-order valence-electron chi connectivity index (χ3n) is 5.30. The molecule has 0 radical (unpaired) electrons. The number of rotatable bonds is 9. The Morgan fingerprint density at radius 1 is 1.06 bits per heavy atom. The van der Waals surface area contributed by atoms with E-state index in [9.17, 15) is 18.0 Å². The number of hydrogen-bond acceptors (Lipinski definition) is 4. The molecule has 35 heavy (non-hydrogen) atoms. The molecule has 0 aliphatic rings. The summed E-state index contributed by atoms with van der Waals surface area (Å²) in [5.41, 5.74) is 1.48. The van der Waals surface area contributed by atoms with Crippen LogP contribution in [0.1, 0.15) is 45.2 Å². The summed E-state index contributed by atoms with van der Waals surface area (Å²) in [7, 11) is -3.87. The minimum atomic E-state index is -3.87. The van der Waals surface area contributed by atoms with Gasteiger partial charge in [0, 0.05) is 22.1 Å². The van der Waals surface area contributed by atoms with Crippen LogP contribution < -0.4 is 9.62 Å². The summed E-state index contributed by atoms with van der Waals surface area (Å²) in [6.45, 7) is 8.95. The quantitative estimate of drug-likeness (QED) is 0.494. The van der Waals surface area contributed by atoms with E-state index in [1.807, 2.05) is 58.9 Å². The second-order valence-corrected chi connectivity index (χ2v) is 12.3. The van der Waals surface area contributed by atoms with Crippen LogP contribution in [0.2, 0.25) is 10.0 Å². The summed E-state index contributed by atoms with van der Waals surface area (Å²) in [5, 5.41) is 3.41. The summed E-state index contributed by atoms with van der Waals surface area (Å²) in [6.07, 6.45) is 1.35. The molecule has 0 saturated heterocycles. The molecule has 0 aromatic heterocycles. The van der Waals surface area contributed by atoms with Crippen molar-refractivity contribution >= 4 is 50.7 Å². The third-order valence-corrected chi connectivity index (χ3v) is 6.88. The number of carbonyl (C=O) groups excluding carboxylic acids is 2. The zero-order valence-corrected chi connectivity index (χ0v) is 23.3. The molecule has 1 N–H and O–H groups in total. The van der Waals surface area contributed by atoms with Crippen molar-refractivity contribution in [3.63, 3.8) is 0 Å². The summed E-state index contributed by atoms with van der Waals surface area (Å²) in [5.74, 6) is -0.829. The predicted molar refractivity (Wildman–Crippen MR) is 142 cm³/mol. The van der Waals surface area contributed by atoms with Crippen LogP contribution in [0.4, 0.5) is 5.69 Å². The number of anilines is 1. The molecule has 0 fully saturated rings. The van der Waals surface area contributed by atoms with Gasteiger partial charge in [0.1, 0.15) is 12.6 Å². The summed E-state index contributed by atoms with van der Waals surface area (Å²) < 4.78 is 26.3. The van der Waals surface area contributed by atoms with E-state index in [-0.39, 0.29) is 28.2 Å². The topological polar surface area (TPSA) is 86.8 Å². The van der Waals surface area contributed by atoms with Gasteiger partial charge in [-0.2, -0.15) is 0 Å². The molecular formula is C25H33Cl2N3O4S. The molecule has 2 rings (SSSR count). The van der Waals surface area contributed by atoms with E-state index in [1.165, 1.54) is 23.1 Å². The maximum absolute atomic E-state index is 13.7. The Morgan fingerprint density at radius 3 is 2.11 bits per heavy atom. The van der Waals surface area contributed by atoms with E-state index < -0.39 is 34.1 Å². The van der Waals surface area contributed by atoms with Gasteiger partial charge in [-0.25, -0.2) is 8.42 Å². The predicted octanol–water partition coefficient (Wildman–Crippen LogP) is 4.79. The number of nitrogens with one attached hydrogen (secondary N) is 1. The number of aryl methyl sites for hydroxylation is 1. The molecule has 0 spiro atoms. The normalized spacial score (nSPS) is 12.7. The molecule has 0 aliphatic carbocycles. The van der Waals surface area contributed by atoms with Gasteiger partial charge in [-0.3, -0.25) is 13.9 Å². The first-order valence-corrected chi connectivity index (χ1v) is 13.8. The lowest BCUT2D eigenvalue weighted by Crippen LogP contribution is -2.55. The monoisotopic (exact) mass is 541 g/mol. The molecule has 0 unspecified atom stereocenters. The number of hydrogen-bond donors (Lipinski definition) is 1. The zero-order chi connectivity index (χ0) is 26.6. The maximum atomic E-state index is 13.7. The summed E-state index contributed by atoms with van der Waals surface area (Å²) in [4.78, 5) is 28.3. The van der Waals surface area contributed by atoms with Crippen LogP contribution in [0.5, 0.6) is 0 Å². The van der Waals surface area contributed by atoms with Gasteiger partial charge in [-0.1, -0.05) is 54.4 Å². The fourth-order valence-electron chi connectivity index (χ4n) is 3.64. The van der Waals surface area contributed by atoms with Crippen LogP contribution in [0.15, 0.2) is 42.5 Å². The van der Waals surface area contributed by atoms with Gasteiger partial charge >= 0.3 is 0 Å². The number of sulfonamides is 1. The molecular weight excluding hydrogens is 509 g/mol. The number of benzene rings is 2. The van der Waals surface area contributed by atoms with Crippen molar-refractivity contribution < 1.29 is 18.0 Å². The summed E-state index contributed by atoms with van der Waals surface area (Å²) >= 11 is 12.2. The first-order valence-electron chi connectivity index (χ1n) is 11.2. The number of nitrogens with zero attached hydrogens (tertiary/aromatic N) is 2. The molecule has 2 amide bonds. The maximum Gasteiger partial charge on any atom is 0.244 e. The Bertz CT molecular complexity index is 1160. The molecule has 10 heteroatoms. The van der Waals surface area contributed by atoms with Crippen molar-refractivity contribution in [2.24, 2.45) is 0 Å². The van der Waals surface area contributed by atoms with Crippen molar-refractivity contribution in [1.29, 1.82) is 0 Å². The van der Waals surface area contributed by atoms with E-state index in [2.05, 4.69) is 5.32 Å². The molecule has 0 aliphatic heterocycles. The van der Waals surface area contributed by atoms with Crippen LogP contribution in [-0.4, -0.2) is 49.5 Å². The first-order chi connectivity index (χ1) is 16.1. The number of carbonyl (C=O) groups is 2. The lowest BCUT2D eigenvalue weighted by atomic mass is 10.0. The van der Waals surface area contributed by atoms with Crippen molar-refractivity contribution in [3.05, 3.63) is 63.6 Å². The minimum absolute atomic E-state index is 0.148. The standard InChI is InChI=1S/C25H33Cl2N3O4S/c1-7-22(24(32)28-25(3,4)5)29(15-18-11-9-8-10-17(18)2)23(31)16-30(35(6,33)34)21-13-19(26)12-20(27)14-21/h8-14,22H,7,15-16H2,1-6H3,(H,28,32)/t22-/m0/s1. The highest BCUT2D eigenvalue weighted by Gasteiger charge is 2.33. The van der Waals surface area contributed by atoms with Crippen molar-refractivity contribution in [3.8, 4) is 0 Å². The summed E-state index contributed by atoms with van der Waals surface area (Å²) in [6, 6.07) is 11.1. The Morgan fingerprint density at radius 2 is 1.63 bits per heavy atom.